The molecule has 0 spiro atoms. The molecule has 0 atom stereocenters. The van der Waals surface area contributed by atoms with Gasteiger partial charge in [-0.25, -0.2) is 0 Å². The summed E-state index contributed by atoms with van der Waals surface area (Å²) in [7, 11) is 0. The predicted octanol–water partition coefficient (Wildman–Crippen LogP) is 2.00. The van der Waals surface area contributed by atoms with E-state index in [2.05, 4.69) is 10.3 Å². The number of H-pyrrole nitrogens is 1. The van der Waals surface area contributed by atoms with Crippen LogP contribution in [-0.4, -0.2) is 16.9 Å². The molecule has 1 aliphatic rings. The molecule has 1 heterocycles. The van der Waals surface area contributed by atoms with Gasteiger partial charge in [0.25, 0.3) is 5.91 Å². The summed E-state index contributed by atoms with van der Waals surface area (Å²) in [5.41, 5.74) is 1.72. The predicted molar refractivity (Wildman–Crippen MR) is 55.3 cm³/mol. The van der Waals surface area contributed by atoms with Crippen molar-refractivity contribution in [2.75, 3.05) is 0 Å². The standard InChI is InChI=1S/C11H16N2O/c1-8-10(6-7-12-8)11(14)13-9-4-2-3-5-9/h6-7,9,12H,2-5H2,1H3,(H,13,14). The number of aromatic nitrogens is 1. The Labute approximate surface area is 83.9 Å². The number of nitrogens with one attached hydrogen (secondary N) is 2. The van der Waals surface area contributed by atoms with E-state index >= 15 is 0 Å². The van der Waals surface area contributed by atoms with Crippen LogP contribution < -0.4 is 5.32 Å². The molecule has 0 aliphatic heterocycles. The molecule has 2 N–H and O–H groups in total. The van der Waals surface area contributed by atoms with Crippen LogP contribution in [0.3, 0.4) is 0 Å². The van der Waals surface area contributed by atoms with E-state index in [1.54, 1.807) is 6.20 Å². The fourth-order valence-electron chi connectivity index (χ4n) is 2.03. The Morgan fingerprint density at radius 2 is 2.21 bits per heavy atom. The molecule has 0 radical (unpaired) electrons. The SMILES string of the molecule is Cc1[nH]ccc1C(=O)NC1CCCC1. The summed E-state index contributed by atoms with van der Waals surface area (Å²) in [5, 5.41) is 3.06. The molecule has 1 amide bonds. The number of amides is 1. The zero-order valence-corrected chi connectivity index (χ0v) is 8.47. The molecule has 1 aliphatic carbocycles. The van der Waals surface area contributed by atoms with Crippen LogP contribution >= 0.6 is 0 Å². The maximum atomic E-state index is 11.8. The summed E-state index contributed by atoms with van der Waals surface area (Å²) in [5.74, 6) is 0.0654. The van der Waals surface area contributed by atoms with Gasteiger partial charge in [-0.3, -0.25) is 4.79 Å². The van der Waals surface area contributed by atoms with Crippen molar-refractivity contribution in [2.45, 2.75) is 38.6 Å². The Morgan fingerprint density at radius 3 is 2.79 bits per heavy atom. The maximum absolute atomic E-state index is 11.8. The molecule has 2 rings (SSSR count). The Balaban J connectivity index is 1.98. The lowest BCUT2D eigenvalue weighted by atomic mass is 10.2. The van der Waals surface area contributed by atoms with E-state index in [4.69, 9.17) is 0 Å². The van der Waals surface area contributed by atoms with Gasteiger partial charge in [-0.15, -0.1) is 0 Å². The quantitative estimate of drug-likeness (QED) is 0.739. The minimum atomic E-state index is 0.0654. The summed E-state index contributed by atoms with van der Waals surface area (Å²) in [6, 6.07) is 2.23. The van der Waals surface area contributed by atoms with Crippen LogP contribution in [0.2, 0.25) is 0 Å². The average molecular weight is 192 g/mol. The number of hydrogen-bond acceptors (Lipinski definition) is 1. The molecule has 14 heavy (non-hydrogen) atoms. The van der Waals surface area contributed by atoms with Crippen LogP contribution in [0.5, 0.6) is 0 Å². The van der Waals surface area contributed by atoms with Crippen molar-refractivity contribution in [3.63, 3.8) is 0 Å². The second-order valence-electron chi connectivity index (χ2n) is 3.97. The van der Waals surface area contributed by atoms with Gasteiger partial charge in [0, 0.05) is 17.9 Å². The smallest absolute Gasteiger partial charge is 0.253 e. The molecule has 1 fully saturated rings. The molecule has 1 aromatic heterocycles. The van der Waals surface area contributed by atoms with Gasteiger partial charge in [0.15, 0.2) is 0 Å². The van der Waals surface area contributed by atoms with Crippen molar-refractivity contribution in [2.24, 2.45) is 0 Å². The number of hydrogen-bond donors (Lipinski definition) is 2. The number of carbonyl (C=O) groups is 1. The fraction of sp³-hybridized carbons (Fsp3) is 0.545. The van der Waals surface area contributed by atoms with Crippen LogP contribution in [0.1, 0.15) is 41.7 Å². The number of carbonyl (C=O) groups excluding carboxylic acids is 1. The van der Waals surface area contributed by atoms with Crippen molar-refractivity contribution in [1.82, 2.24) is 10.3 Å². The highest BCUT2D eigenvalue weighted by Crippen LogP contribution is 2.18. The average Bonchev–Trinajstić information content (AvgIpc) is 2.75. The normalized spacial score (nSPS) is 17.2. The van der Waals surface area contributed by atoms with Crippen molar-refractivity contribution in [3.05, 3.63) is 23.5 Å². The number of aromatic amines is 1. The third kappa shape index (κ3) is 1.81. The molecular formula is C11H16N2O. The highest BCUT2D eigenvalue weighted by atomic mass is 16.1. The van der Waals surface area contributed by atoms with Gasteiger partial charge in [-0.05, 0) is 25.8 Å². The minimum Gasteiger partial charge on any atom is -0.365 e. The molecule has 3 nitrogen and oxygen atoms in total. The Kier molecular flexibility index (Phi) is 2.57. The Morgan fingerprint density at radius 1 is 1.50 bits per heavy atom. The van der Waals surface area contributed by atoms with Crippen LogP contribution in [0.4, 0.5) is 0 Å². The lowest BCUT2D eigenvalue weighted by Crippen LogP contribution is -2.32. The summed E-state index contributed by atoms with van der Waals surface area (Å²) < 4.78 is 0. The van der Waals surface area contributed by atoms with Crippen molar-refractivity contribution < 1.29 is 4.79 Å². The first-order valence-electron chi connectivity index (χ1n) is 5.22. The van der Waals surface area contributed by atoms with Gasteiger partial charge in [0.1, 0.15) is 0 Å². The first-order valence-corrected chi connectivity index (χ1v) is 5.22. The van der Waals surface area contributed by atoms with E-state index in [-0.39, 0.29) is 5.91 Å². The minimum absolute atomic E-state index is 0.0654. The van der Waals surface area contributed by atoms with Crippen LogP contribution in [-0.2, 0) is 0 Å². The second-order valence-corrected chi connectivity index (χ2v) is 3.97. The van der Waals surface area contributed by atoms with E-state index in [9.17, 15) is 4.79 Å². The summed E-state index contributed by atoms with van der Waals surface area (Å²) in [4.78, 5) is 14.8. The van der Waals surface area contributed by atoms with Crippen molar-refractivity contribution in [3.8, 4) is 0 Å². The number of aryl methyl sites for hydroxylation is 1. The summed E-state index contributed by atoms with van der Waals surface area (Å²) >= 11 is 0. The second kappa shape index (κ2) is 3.86. The molecule has 0 aromatic carbocycles. The lowest BCUT2D eigenvalue weighted by molar-refractivity contribution is 0.0937. The molecule has 76 valence electrons. The molecular weight excluding hydrogens is 176 g/mol. The zero-order valence-electron chi connectivity index (χ0n) is 8.47. The number of rotatable bonds is 2. The van der Waals surface area contributed by atoms with Gasteiger partial charge >= 0.3 is 0 Å². The van der Waals surface area contributed by atoms with Gasteiger partial charge in [-0.1, -0.05) is 12.8 Å². The van der Waals surface area contributed by atoms with Crippen LogP contribution in [0, 0.1) is 6.92 Å². The van der Waals surface area contributed by atoms with Gasteiger partial charge < -0.3 is 10.3 Å². The van der Waals surface area contributed by atoms with E-state index in [0.717, 1.165) is 24.1 Å². The van der Waals surface area contributed by atoms with Crippen molar-refractivity contribution >= 4 is 5.91 Å². The van der Waals surface area contributed by atoms with E-state index < -0.39 is 0 Å². The van der Waals surface area contributed by atoms with Crippen molar-refractivity contribution in [1.29, 1.82) is 0 Å². The molecule has 0 unspecified atom stereocenters. The first kappa shape index (κ1) is 9.31. The Bertz CT molecular complexity index is 324. The third-order valence-corrected chi connectivity index (χ3v) is 2.89. The summed E-state index contributed by atoms with van der Waals surface area (Å²) in [6.45, 7) is 1.92. The lowest BCUT2D eigenvalue weighted by Gasteiger charge is -2.11. The van der Waals surface area contributed by atoms with Crippen LogP contribution in [0.25, 0.3) is 0 Å². The van der Waals surface area contributed by atoms with E-state index in [1.807, 2.05) is 13.0 Å². The largest absolute Gasteiger partial charge is 0.365 e. The topological polar surface area (TPSA) is 44.9 Å². The third-order valence-electron chi connectivity index (χ3n) is 2.89. The summed E-state index contributed by atoms with van der Waals surface area (Å²) in [6.07, 6.45) is 6.57. The molecule has 3 heteroatoms. The van der Waals surface area contributed by atoms with Crippen LogP contribution in [0.15, 0.2) is 12.3 Å². The molecule has 1 aromatic rings. The highest BCUT2D eigenvalue weighted by Gasteiger charge is 2.18. The van der Waals surface area contributed by atoms with Gasteiger partial charge in [0.2, 0.25) is 0 Å². The fourth-order valence-corrected chi connectivity index (χ4v) is 2.03. The molecule has 0 saturated heterocycles. The highest BCUT2D eigenvalue weighted by molar-refractivity contribution is 5.95. The maximum Gasteiger partial charge on any atom is 0.253 e. The molecule has 1 saturated carbocycles. The van der Waals surface area contributed by atoms with E-state index in [0.29, 0.717) is 6.04 Å². The first-order chi connectivity index (χ1) is 6.77. The zero-order chi connectivity index (χ0) is 9.97. The van der Waals surface area contributed by atoms with Gasteiger partial charge in [-0.2, -0.15) is 0 Å². The van der Waals surface area contributed by atoms with Gasteiger partial charge in [0.05, 0.1) is 5.56 Å². The monoisotopic (exact) mass is 192 g/mol. The van der Waals surface area contributed by atoms with E-state index in [1.165, 1.54) is 12.8 Å². The Hall–Kier alpha value is -1.25. The molecule has 0 bridgehead atoms.